The van der Waals surface area contributed by atoms with Crippen molar-refractivity contribution in [2.75, 3.05) is 20.8 Å². The van der Waals surface area contributed by atoms with Gasteiger partial charge in [-0.25, -0.2) is 0 Å². The number of methoxy groups -OCH3 is 2. The summed E-state index contributed by atoms with van der Waals surface area (Å²) in [4.78, 5) is 25.7. The normalized spacial score (nSPS) is 12.2. The van der Waals surface area contributed by atoms with Crippen molar-refractivity contribution in [1.29, 1.82) is 0 Å². The molecule has 1 atom stereocenters. The number of amides is 2. The molecular weight excluding hydrogens is 380 g/mol. The van der Waals surface area contributed by atoms with Gasteiger partial charge in [-0.05, 0) is 23.6 Å². The lowest BCUT2D eigenvalue weighted by Gasteiger charge is -2.28. The predicted octanol–water partition coefficient (Wildman–Crippen LogP) is 3.55. The largest absolute Gasteiger partial charge is 0.497 e. The number of rotatable bonds is 9. The highest BCUT2D eigenvalue weighted by Crippen LogP contribution is 2.23. The number of hydrogen-bond acceptors (Lipinski definition) is 4. The molecule has 0 bridgehead atoms. The lowest BCUT2D eigenvalue weighted by Crippen LogP contribution is -2.51. The molecule has 0 aliphatic heterocycles. The van der Waals surface area contributed by atoms with Crippen LogP contribution in [-0.2, 0) is 10.2 Å². The van der Waals surface area contributed by atoms with Gasteiger partial charge in [0.05, 0.1) is 14.2 Å². The Kier molecular flexibility index (Phi) is 7.86. The van der Waals surface area contributed by atoms with Crippen LogP contribution in [0.15, 0.2) is 48.5 Å². The van der Waals surface area contributed by atoms with E-state index in [1.807, 2.05) is 44.2 Å². The van der Waals surface area contributed by atoms with E-state index in [4.69, 9.17) is 9.47 Å². The van der Waals surface area contributed by atoms with Gasteiger partial charge >= 0.3 is 0 Å². The first-order chi connectivity index (χ1) is 14.2. The summed E-state index contributed by atoms with van der Waals surface area (Å²) in [5, 5.41) is 5.85. The highest BCUT2D eigenvalue weighted by Gasteiger charge is 2.28. The van der Waals surface area contributed by atoms with Crippen molar-refractivity contribution in [2.45, 2.75) is 39.2 Å². The van der Waals surface area contributed by atoms with Gasteiger partial charge in [0.15, 0.2) is 0 Å². The minimum Gasteiger partial charge on any atom is -0.497 e. The Labute approximate surface area is 179 Å². The van der Waals surface area contributed by atoms with Crippen LogP contribution in [0.1, 0.15) is 43.6 Å². The molecule has 162 valence electrons. The molecule has 0 aliphatic carbocycles. The summed E-state index contributed by atoms with van der Waals surface area (Å²) in [6, 6.07) is 14.3. The van der Waals surface area contributed by atoms with Crippen LogP contribution in [0.4, 0.5) is 0 Å². The molecule has 2 amide bonds. The lowest BCUT2D eigenvalue weighted by molar-refractivity contribution is -0.124. The van der Waals surface area contributed by atoms with Crippen molar-refractivity contribution < 1.29 is 19.1 Å². The highest BCUT2D eigenvalue weighted by molar-refractivity contribution is 5.98. The Hall–Kier alpha value is -3.02. The monoisotopic (exact) mass is 412 g/mol. The zero-order chi connectivity index (χ0) is 22.3. The fourth-order valence-electron chi connectivity index (χ4n) is 3.11. The predicted molar refractivity (Wildman–Crippen MR) is 118 cm³/mol. The molecule has 0 fully saturated rings. The van der Waals surface area contributed by atoms with Gasteiger partial charge in [-0.3, -0.25) is 9.59 Å². The van der Waals surface area contributed by atoms with E-state index in [-0.39, 0.29) is 23.1 Å². The smallest absolute Gasteiger partial charge is 0.252 e. The second kappa shape index (κ2) is 10.1. The second-order valence-electron chi connectivity index (χ2n) is 8.26. The molecular formula is C24H32N2O4. The highest BCUT2D eigenvalue weighted by atomic mass is 16.5. The van der Waals surface area contributed by atoms with E-state index in [9.17, 15) is 9.59 Å². The van der Waals surface area contributed by atoms with Crippen molar-refractivity contribution in [2.24, 2.45) is 5.92 Å². The molecule has 2 aromatic carbocycles. The van der Waals surface area contributed by atoms with E-state index in [0.717, 1.165) is 5.56 Å². The van der Waals surface area contributed by atoms with E-state index < -0.39 is 6.04 Å². The molecule has 1 unspecified atom stereocenters. The first kappa shape index (κ1) is 23.3. The fraction of sp³-hybridized carbons (Fsp3) is 0.417. The van der Waals surface area contributed by atoms with Crippen molar-refractivity contribution >= 4 is 11.8 Å². The topological polar surface area (TPSA) is 76.7 Å². The summed E-state index contributed by atoms with van der Waals surface area (Å²) in [5.41, 5.74) is 1.27. The summed E-state index contributed by atoms with van der Waals surface area (Å²) in [7, 11) is 3.05. The van der Waals surface area contributed by atoms with E-state index in [1.54, 1.807) is 18.2 Å². The number of ether oxygens (including phenoxy) is 2. The van der Waals surface area contributed by atoms with Crippen molar-refractivity contribution in [1.82, 2.24) is 10.6 Å². The molecule has 30 heavy (non-hydrogen) atoms. The second-order valence-corrected chi connectivity index (χ2v) is 8.26. The summed E-state index contributed by atoms with van der Waals surface area (Å²) in [5.74, 6) is 0.367. The Morgan fingerprint density at radius 1 is 0.967 bits per heavy atom. The summed E-state index contributed by atoms with van der Waals surface area (Å²) < 4.78 is 10.5. The summed E-state index contributed by atoms with van der Waals surface area (Å²) >= 11 is 0. The maximum atomic E-state index is 12.9. The number of carbonyl (C=O) groups is 2. The first-order valence-electron chi connectivity index (χ1n) is 10.0. The summed E-state index contributed by atoms with van der Waals surface area (Å²) in [6.45, 7) is 8.42. The maximum absolute atomic E-state index is 12.9. The van der Waals surface area contributed by atoms with E-state index in [2.05, 4.69) is 24.5 Å². The van der Waals surface area contributed by atoms with Crippen LogP contribution in [0, 0.1) is 5.92 Å². The fourth-order valence-corrected chi connectivity index (χ4v) is 3.11. The molecule has 2 aromatic rings. The van der Waals surface area contributed by atoms with Gasteiger partial charge in [0.25, 0.3) is 5.91 Å². The molecule has 0 spiro atoms. The van der Waals surface area contributed by atoms with E-state index in [1.165, 1.54) is 14.2 Å². The molecule has 6 heteroatoms. The zero-order valence-electron chi connectivity index (χ0n) is 18.6. The third kappa shape index (κ3) is 5.99. The van der Waals surface area contributed by atoms with Gasteiger partial charge in [-0.2, -0.15) is 0 Å². The average molecular weight is 413 g/mol. The van der Waals surface area contributed by atoms with Crippen LogP contribution >= 0.6 is 0 Å². The molecule has 0 radical (unpaired) electrons. The molecule has 0 saturated heterocycles. The third-order valence-corrected chi connectivity index (χ3v) is 5.11. The quantitative estimate of drug-likeness (QED) is 0.660. The minimum absolute atomic E-state index is 0.0821. The molecule has 2 N–H and O–H groups in total. The number of nitrogens with one attached hydrogen (secondary N) is 2. The van der Waals surface area contributed by atoms with Crippen molar-refractivity contribution in [3.05, 3.63) is 59.7 Å². The van der Waals surface area contributed by atoms with Crippen LogP contribution < -0.4 is 20.1 Å². The minimum atomic E-state index is -0.665. The zero-order valence-corrected chi connectivity index (χ0v) is 18.6. The van der Waals surface area contributed by atoms with Crippen LogP contribution in [0.3, 0.4) is 0 Å². The van der Waals surface area contributed by atoms with Crippen LogP contribution in [0.25, 0.3) is 0 Å². The maximum Gasteiger partial charge on any atom is 0.252 e. The first-order valence-corrected chi connectivity index (χ1v) is 10.0. The SMILES string of the molecule is COc1cc(OC)cc(C(=O)NC(C(=O)NCC(C)(C)c2ccccc2)C(C)C)c1. The van der Waals surface area contributed by atoms with Gasteiger partial charge in [0.1, 0.15) is 17.5 Å². The molecule has 0 aliphatic rings. The van der Waals surface area contributed by atoms with E-state index in [0.29, 0.717) is 23.6 Å². The third-order valence-electron chi connectivity index (χ3n) is 5.11. The Morgan fingerprint density at radius 3 is 2.03 bits per heavy atom. The molecule has 0 aromatic heterocycles. The van der Waals surface area contributed by atoms with E-state index >= 15 is 0 Å². The number of benzene rings is 2. The summed E-state index contributed by atoms with van der Waals surface area (Å²) in [6.07, 6.45) is 0. The lowest BCUT2D eigenvalue weighted by atomic mass is 9.84. The molecule has 2 rings (SSSR count). The Bertz CT molecular complexity index is 841. The van der Waals surface area contributed by atoms with Crippen LogP contribution in [0.5, 0.6) is 11.5 Å². The Balaban J connectivity index is 2.10. The van der Waals surface area contributed by atoms with Crippen molar-refractivity contribution in [3.8, 4) is 11.5 Å². The molecule has 0 heterocycles. The van der Waals surface area contributed by atoms with Crippen LogP contribution in [0.2, 0.25) is 0 Å². The van der Waals surface area contributed by atoms with Gasteiger partial charge in [0, 0.05) is 23.6 Å². The number of carbonyl (C=O) groups excluding carboxylic acids is 2. The average Bonchev–Trinajstić information content (AvgIpc) is 2.75. The van der Waals surface area contributed by atoms with Crippen LogP contribution in [-0.4, -0.2) is 38.6 Å². The van der Waals surface area contributed by atoms with Gasteiger partial charge < -0.3 is 20.1 Å². The van der Waals surface area contributed by atoms with Gasteiger partial charge in [-0.15, -0.1) is 0 Å². The standard InChI is InChI=1S/C24H32N2O4/c1-16(2)21(23(28)25-15-24(3,4)18-10-8-7-9-11-18)26-22(27)17-12-19(29-5)14-20(13-17)30-6/h7-14,16,21H,15H2,1-6H3,(H,25,28)(H,26,27). The molecule has 6 nitrogen and oxygen atoms in total. The number of hydrogen-bond donors (Lipinski definition) is 2. The van der Waals surface area contributed by atoms with Gasteiger partial charge in [-0.1, -0.05) is 58.0 Å². The molecule has 0 saturated carbocycles. The van der Waals surface area contributed by atoms with Crippen molar-refractivity contribution in [3.63, 3.8) is 0 Å². The van der Waals surface area contributed by atoms with Gasteiger partial charge in [0.2, 0.25) is 5.91 Å². The Morgan fingerprint density at radius 2 is 1.53 bits per heavy atom.